The van der Waals surface area contributed by atoms with Crippen LogP contribution < -0.4 is 5.43 Å². The molecule has 3 amide bonds. The zero-order valence-corrected chi connectivity index (χ0v) is 19.2. The van der Waals surface area contributed by atoms with Gasteiger partial charge in [-0.3, -0.25) is 14.7 Å². The molecule has 3 fully saturated rings. The van der Waals surface area contributed by atoms with Crippen LogP contribution in [0.25, 0.3) is 0 Å². The van der Waals surface area contributed by atoms with Crippen LogP contribution in [0.4, 0.5) is 9.18 Å². The first-order valence-electron chi connectivity index (χ1n) is 10.8. The summed E-state index contributed by atoms with van der Waals surface area (Å²) in [6.45, 7) is 2.47. The van der Waals surface area contributed by atoms with Gasteiger partial charge >= 0.3 is 6.03 Å². The second-order valence-electron chi connectivity index (χ2n) is 8.26. The molecule has 0 bridgehead atoms. The summed E-state index contributed by atoms with van der Waals surface area (Å²) < 4.78 is 14.4. The minimum Gasteiger partial charge on any atom is -0.303 e. The van der Waals surface area contributed by atoms with Crippen molar-refractivity contribution in [1.82, 2.24) is 20.2 Å². The lowest BCUT2D eigenvalue weighted by Crippen LogP contribution is -2.65. The van der Waals surface area contributed by atoms with Crippen LogP contribution in [0, 0.1) is 5.82 Å². The van der Waals surface area contributed by atoms with Gasteiger partial charge in [-0.1, -0.05) is 48.9 Å². The minimum absolute atomic E-state index is 0.0188. The molecule has 2 aromatic rings. The van der Waals surface area contributed by atoms with Crippen molar-refractivity contribution >= 4 is 35.3 Å². The molecule has 3 atom stereocenters. The number of nitrogens with zero attached hydrogens (tertiary/aromatic N) is 3. The lowest BCUT2D eigenvalue weighted by Gasteiger charge is -2.44. The molecule has 3 aliphatic heterocycles. The van der Waals surface area contributed by atoms with E-state index < -0.39 is 12.1 Å². The molecule has 0 aromatic heterocycles. The summed E-state index contributed by atoms with van der Waals surface area (Å²) in [5.41, 5.74) is 5.64. The van der Waals surface area contributed by atoms with Crippen LogP contribution in [0.1, 0.15) is 30.0 Å². The van der Waals surface area contributed by atoms with E-state index in [0.29, 0.717) is 6.54 Å². The topological polar surface area (TPSA) is 55.9 Å². The Kier molecular flexibility index (Phi) is 5.77. The van der Waals surface area contributed by atoms with E-state index in [0.717, 1.165) is 24.2 Å². The first-order valence-corrected chi connectivity index (χ1v) is 12.2. The third kappa shape index (κ3) is 3.64. The van der Waals surface area contributed by atoms with Crippen molar-refractivity contribution in [2.45, 2.75) is 50.4 Å². The zero-order valence-electron chi connectivity index (χ0n) is 17.6. The number of aryl methyl sites for hydroxylation is 1. The highest BCUT2D eigenvalue weighted by molar-refractivity contribution is 8.00. The number of rotatable bonds is 5. The van der Waals surface area contributed by atoms with Crippen LogP contribution in [0.3, 0.4) is 0 Å². The van der Waals surface area contributed by atoms with Crippen molar-refractivity contribution in [3.8, 4) is 0 Å². The molecule has 0 aliphatic carbocycles. The van der Waals surface area contributed by atoms with Gasteiger partial charge in [0.15, 0.2) is 6.29 Å². The highest BCUT2D eigenvalue weighted by Gasteiger charge is 2.55. The van der Waals surface area contributed by atoms with Crippen molar-refractivity contribution in [2.75, 3.05) is 5.75 Å². The molecule has 3 unspecified atom stereocenters. The maximum Gasteiger partial charge on any atom is 0.337 e. The SMILES string of the molecule is CCc1ccc(CN2C(=O)C3SCCC3N3C(=O)N(Cc4c(F)cccc4Cl)NC23)cc1. The van der Waals surface area contributed by atoms with Crippen molar-refractivity contribution < 1.29 is 14.0 Å². The summed E-state index contributed by atoms with van der Waals surface area (Å²) in [5, 5.41) is 1.37. The molecule has 2 aromatic carbocycles. The molecule has 3 heterocycles. The fourth-order valence-electron chi connectivity index (χ4n) is 4.62. The Labute approximate surface area is 195 Å². The number of urea groups is 1. The number of hydrogen-bond donors (Lipinski definition) is 1. The molecule has 6 nitrogen and oxygen atoms in total. The summed E-state index contributed by atoms with van der Waals surface area (Å²) in [4.78, 5) is 30.2. The van der Waals surface area contributed by atoms with Gasteiger partial charge in [-0.15, -0.1) is 11.8 Å². The van der Waals surface area contributed by atoms with Crippen LogP contribution in [0.2, 0.25) is 5.02 Å². The molecular formula is C23H24ClFN4O2S. The standard InChI is InChI=1S/C23H24ClFN4O2S/c1-2-14-6-8-15(9-7-14)12-27-21(30)20-19(10-11-32-20)29-22(27)26-28(23(29)31)13-16-17(24)4-3-5-18(16)25/h3-9,19-20,22,26H,2,10-13H2,1H3. The van der Waals surface area contributed by atoms with Gasteiger partial charge < -0.3 is 4.90 Å². The van der Waals surface area contributed by atoms with Crippen LogP contribution in [-0.2, 0) is 24.3 Å². The molecule has 3 saturated heterocycles. The van der Waals surface area contributed by atoms with E-state index in [-0.39, 0.29) is 40.4 Å². The van der Waals surface area contributed by atoms with E-state index in [4.69, 9.17) is 11.6 Å². The summed E-state index contributed by atoms with van der Waals surface area (Å²) in [5.74, 6) is 0.398. The molecule has 0 radical (unpaired) electrons. The molecule has 3 aliphatic rings. The highest BCUT2D eigenvalue weighted by atomic mass is 35.5. The quantitative estimate of drug-likeness (QED) is 0.712. The monoisotopic (exact) mass is 474 g/mol. The Hall–Kier alpha value is -2.29. The molecular weight excluding hydrogens is 451 g/mol. The van der Waals surface area contributed by atoms with Crippen molar-refractivity contribution in [3.63, 3.8) is 0 Å². The van der Waals surface area contributed by atoms with Gasteiger partial charge in [0.2, 0.25) is 5.91 Å². The van der Waals surface area contributed by atoms with Crippen molar-refractivity contribution in [2.24, 2.45) is 0 Å². The Morgan fingerprint density at radius 1 is 1.12 bits per heavy atom. The van der Waals surface area contributed by atoms with Gasteiger partial charge in [-0.25, -0.2) is 9.18 Å². The molecule has 5 rings (SSSR count). The van der Waals surface area contributed by atoms with E-state index in [2.05, 4.69) is 24.5 Å². The van der Waals surface area contributed by atoms with Crippen LogP contribution in [0.5, 0.6) is 0 Å². The average Bonchev–Trinajstić information content (AvgIpc) is 3.39. The summed E-state index contributed by atoms with van der Waals surface area (Å²) in [6, 6.07) is 12.2. The normalized spacial score (nSPS) is 24.8. The van der Waals surface area contributed by atoms with E-state index >= 15 is 0 Å². The summed E-state index contributed by atoms with van der Waals surface area (Å²) in [7, 11) is 0. The Balaban J connectivity index is 1.44. The number of amides is 3. The number of halogens is 2. The second-order valence-corrected chi connectivity index (χ2v) is 9.92. The molecule has 1 N–H and O–H groups in total. The predicted molar refractivity (Wildman–Crippen MR) is 122 cm³/mol. The fraction of sp³-hybridized carbons (Fsp3) is 0.391. The number of thioether (sulfide) groups is 1. The Morgan fingerprint density at radius 3 is 2.59 bits per heavy atom. The lowest BCUT2D eigenvalue weighted by molar-refractivity contribution is -0.145. The van der Waals surface area contributed by atoms with Gasteiger partial charge in [-0.05, 0) is 41.9 Å². The lowest BCUT2D eigenvalue weighted by atomic mass is 10.0. The van der Waals surface area contributed by atoms with Crippen molar-refractivity contribution in [1.29, 1.82) is 0 Å². The average molecular weight is 475 g/mol. The largest absolute Gasteiger partial charge is 0.337 e. The van der Waals surface area contributed by atoms with E-state index in [1.54, 1.807) is 27.6 Å². The van der Waals surface area contributed by atoms with Crippen LogP contribution >= 0.6 is 23.4 Å². The van der Waals surface area contributed by atoms with Crippen LogP contribution in [0.15, 0.2) is 42.5 Å². The third-order valence-corrected chi connectivity index (χ3v) is 8.09. The Bertz CT molecular complexity index is 1030. The fourth-order valence-corrected chi connectivity index (χ4v) is 6.24. The highest BCUT2D eigenvalue weighted by Crippen LogP contribution is 2.40. The van der Waals surface area contributed by atoms with Crippen molar-refractivity contribution in [3.05, 3.63) is 70.0 Å². The number of carbonyl (C=O) groups excluding carboxylic acids is 2. The van der Waals surface area contributed by atoms with Crippen LogP contribution in [-0.4, -0.2) is 50.1 Å². The first kappa shape index (κ1) is 21.6. The maximum atomic E-state index is 14.4. The number of fused-ring (bicyclic) bond motifs is 3. The second kappa shape index (κ2) is 8.57. The van der Waals surface area contributed by atoms with Gasteiger partial charge in [0, 0.05) is 17.1 Å². The predicted octanol–water partition coefficient (Wildman–Crippen LogP) is 3.98. The van der Waals surface area contributed by atoms with E-state index in [1.807, 2.05) is 12.1 Å². The van der Waals surface area contributed by atoms with Gasteiger partial charge in [0.1, 0.15) is 11.1 Å². The molecule has 168 valence electrons. The third-order valence-electron chi connectivity index (χ3n) is 6.39. The molecule has 9 heteroatoms. The minimum atomic E-state index is -0.605. The molecule has 32 heavy (non-hydrogen) atoms. The first-order chi connectivity index (χ1) is 15.5. The van der Waals surface area contributed by atoms with Gasteiger partial charge in [-0.2, -0.15) is 5.43 Å². The smallest absolute Gasteiger partial charge is 0.303 e. The maximum absolute atomic E-state index is 14.4. The summed E-state index contributed by atoms with van der Waals surface area (Å²) >= 11 is 7.80. The zero-order chi connectivity index (χ0) is 22.4. The number of hydrogen-bond acceptors (Lipinski definition) is 4. The number of hydrazine groups is 1. The molecule has 0 saturated carbocycles. The number of nitrogens with one attached hydrogen (secondary N) is 1. The van der Waals surface area contributed by atoms with E-state index in [9.17, 15) is 14.0 Å². The molecule has 0 spiro atoms. The van der Waals surface area contributed by atoms with Gasteiger partial charge in [0.25, 0.3) is 0 Å². The van der Waals surface area contributed by atoms with Gasteiger partial charge in [0.05, 0.1) is 12.6 Å². The number of benzene rings is 2. The van der Waals surface area contributed by atoms with E-state index in [1.165, 1.54) is 22.7 Å². The summed E-state index contributed by atoms with van der Waals surface area (Å²) in [6.07, 6.45) is 1.10. The number of carbonyl (C=O) groups is 2. The Morgan fingerprint density at radius 2 is 1.88 bits per heavy atom.